The molecular formula is C23H24N4O2. The molecule has 0 unspecified atom stereocenters. The molecule has 0 bridgehead atoms. The van der Waals surface area contributed by atoms with Crippen LogP contribution in [0.2, 0.25) is 0 Å². The van der Waals surface area contributed by atoms with Crippen LogP contribution in [0.25, 0.3) is 11.1 Å². The highest BCUT2D eigenvalue weighted by Gasteiger charge is 2.23. The zero-order chi connectivity index (χ0) is 20.2. The number of carbonyl (C=O) groups is 1. The van der Waals surface area contributed by atoms with Crippen molar-refractivity contribution in [2.45, 2.75) is 13.8 Å². The Kier molecular flexibility index (Phi) is 5.53. The van der Waals surface area contributed by atoms with Gasteiger partial charge in [-0.1, -0.05) is 42.5 Å². The fourth-order valence-corrected chi connectivity index (χ4v) is 3.47. The molecule has 1 aliphatic heterocycles. The third-order valence-corrected chi connectivity index (χ3v) is 4.88. The van der Waals surface area contributed by atoms with Gasteiger partial charge in [-0.3, -0.25) is 9.63 Å². The van der Waals surface area contributed by atoms with E-state index in [-0.39, 0.29) is 5.91 Å². The van der Waals surface area contributed by atoms with E-state index in [4.69, 9.17) is 4.84 Å². The van der Waals surface area contributed by atoms with E-state index in [1.807, 2.05) is 79.4 Å². The molecule has 1 fully saturated rings. The molecule has 6 nitrogen and oxygen atoms in total. The predicted molar refractivity (Wildman–Crippen MR) is 113 cm³/mol. The SMILES string of the molecule is Cc1cc(C)nc(N2CCN(C(=O)c3cccc(-c4ccccc4)c3)CCO2)n1. The largest absolute Gasteiger partial charge is 0.334 e. The third kappa shape index (κ3) is 4.43. The van der Waals surface area contributed by atoms with Crippen LogP contribution in [0.1, 0.15) is 21.7 Å². The first-order valence-corrected chi connectivity index (χ1v) is 9.78. The molecule has 0 aliphatic carbocycles. The van der Waals surface area contributed by atoms with Crippen LogP contribution in [0, 0.1) is 13.8 Å². The van der Waals surface area contributed by atoms with Gasteiger partial charge in [0.2, 0.25) is 5.95 Å². The minimum atomic E-state index is 0.00886. The summed E-state index contributed by atoms with van der Waals surface area (Å²) >= 11 is 0. The summed E-state index contributed by atoms with van der Waals surface area (Å²) in [5, 5.41) is 1.69. The summed E-state index contributed by atoms with van der Waals surface area (Å²) < 4.78 is 0. The number of anilines is 1. The number of rotatable bonds is 3. The van der Waals surface area contributed by atoms with E-state index in [0.717, 1.165) is 22.5 Å². The summed E-state index contributed by atoms with van der Waals surface area (Å²) in [7, 11) is 0. The van der Waals surface area contributed by atoms with Crippen LogP contribution >= 0.6 is 0 Å². The number of hydrogen-bond acceptors (Lipinski definition) is 5. The maximum Gasteiger partial charge on any atom is 0.254 e. The molecule has 1 aromatic heterocycles. The first kappa shape index (κ1) is 19.1. The molecule has 6 heteroatoms. The third-order valence-electron chi connectivity index (χ3n) is 4.88. The Morgan fingerprint density at radius 2 is 1.59 bits per heavy atom. The molecule has 0 N–H and O–H groups in total. The van der Waals surface area contributed by atoms with Gasteiger partial charge < -0.3 is 4.90 Å². The number of nitrogens with zero attached hydrogens (tertiary/aromatic N) is 4. The van der Waals surface area contributed by atoms with E-state index in [1.54, 1.807) is 5.06 Å². The molecule has 1 saturated heterocycles. The Bertz CT molecular complexity index is 987. The van der Waals surface area contributed by atoms with Gasteiger partial charge in [0.05, 0.1) is 13.2 Å². The summed E-state index contributed by atoms with van der Waals surface area (Å²) in [5.41, 5.74) is 4.60. The van der Waals surface area contributed by atoms with Crippen molar-refractivity contribution in [3.63, 3.8) is 0 Å². The van der Waals surface area contributed by atoms with Crippen LogP contribution in [0.3, 0.4) is 0 Å². The highest BCUT2D eigenvalue weighted by molar-refractivity contribution is 5.95. The molecule has 2 aromatic carbocycles. The quantitative estimate of drug-likeness (QED) is 0.685. The van der Waals surface area contributed by atoms with Crippen LogP contribution in [0.5, 0.6) is 0 Å². The number of carbonyl (C=O) groups excluding carboxylic acids is 1. The lowest BCUT2D eigenvalue weighted by Crippen LogP contribution is -2.35. The van der Waals surface area contributed by atoms with Crippen molar-refractivity contribution in [2.24, 2.45) is 0 Å². The lowest BCUT2D eigenvalue weighted by Gasteiger charge is -2.21. The summed E-state index contributed by atoms with van der Waals surface area (Å²) in [6.45, 7) is 5.87. The number of hydroxylamine groups is 1. The summed E-state index contributed by atoms with van der Waals surface area (Å²) in [4.78, 5) is 29.7. The minimum absolute atomic E-state index is 0.00886. The number of aromatic nitrogens is 2. The lowest BCUT2D eigenvalue weighted by atomic mass is 10.0. The zero-order valence-corrected chi connectivity index (χ0v) is 16.7. The standard InChI is InChI=1S/C23H24N4O2/c1-17-15-18(2)25-23(24-17)27-12-11-26(13-14-29-27)22(28)21-10-6-9-20(16-21)19-7-4-3-5-8-19/h3-10,15-16H,11-14H2,1-2H3. The second-order valence-electron chi connectivity index (χ2n) is 7.13. The Morgan fingerprint density at radius 1 is 0.862 bits per heavy atom. The van der Waals surface area contributed by atoms with Crippen molar-refractivity contribution in [3.05, 3.63) is 77.6 Å². The summed E-state index contributed by atoms with van der Waals surface area (Å²) in [5.74, 6) is 0.553. The van der Waals surface area contributed by atoms with E-state index < -0.39 is 0 Å². The van der Waals surface area contributed by atoms with E-state index in [2.05, 4.69) is 9.97 Å². The van der Waals surface area contributed by atoms with Crippen LogP contribution < -0.4 is 5.06 Å². The Morgan fingerprint density at radius 3 is 2.34 bits per heavy atom. The summed E-state index contributed by atoms with van der Waals surface area (Å²) in [6.07, 6.45) is 0. The average Bonchev–Trinajstić information content (AvgIpc) is 3.00. The summed E-state index contributed by atoms with van der Waals surface area (Å²) in [6, 6.07) is 19.8. The Balaban J connectivity index is 1.49. The van der Waals surface area contributed by atoms with Gasteiger partial charge in [-0.25, -0.2) is 15.0 Å². The first-order chi connectivity index (χ1) is 14.1. The molecule has 0 radical (unpaired) electrons. The fourth-order valence-electron chi connectivity index (χ4n) is 3.47. The molecule has 1 amide bonds. The highest BCUT2D eigenvalue weighted by atomic mass is 16.7. The molecule has 3 aromatic rings. The number of benzene rings is 2. The maximum atomic E-state index is 13.1. The lowest BCUT2D eigenvalue weighted by molar-refractivity contribution is 0.0729. The second-order valence-corrected chi connectivity index (χ2v) is 7.13. The molecular weight excluding hydrogens is 364 g/mol. The van der Waals surface area contributed by atoms with E-state index >= 15 is 0 Å². The zero-order valence-electron chi connectivity index (χ0n) is 16.7. The van der Waals surface area contributed by atoms with Crippen molar-refractivity contribution in [3.8, 4) is 11.1 Å². The van der Waals surface area contributed by atoms with Crippen LogP contribution in [0.4, 0.5) is 5.95 Å². The van der Waals surface area contributed by atoms with Gasteiger partial charge in [-0.15, -0.1) is 0 Å². The monoisotopic (exact) mass is 388 g/mol. The molecule has 148 valence electrons. The Hall–Kier alpha value is -3.25. The smallest absolute Gasteiger partial charge is 0.254 e. The van der Waals surface area contributed by atoms with Gasteiger partial charge in [0, 0.05) is 30.0 Å². The number of hydrogen-bond donors (Lipinski definition) is 0. The average molecular weight is 388 g/mol. The first-order valence-electron chi connectivity index (χ1n) is 9.78. The van der Waals surface area contributed by atoms with Crippen LogP contribution in [-0.2, 0) is 4.84 Å². The molecule has 2 heterocycles. The van der Waals surface area contributed by atoms with Crippen molar-refractivity contribution < 1.29 is 9.63 Å². The minimum Gasteiger partial charge on any atom is -0.334 e. The van der Waals surface area contributed by atoms with Gasteiger partial charge in [0.15, 0.2) is 0 Å². The topological polar surface area (TPSA) is 58.6 Å². The van der Waals surface area contributed by atoms with Gasteiger partial charge in [-0.2, -0.15) is 0 Å². The van der Waals surface area contributed by atoms with Crippen molar-refractivity contribution in [1.29, 1.82) is 0 Å². The maximum absolute atomic E-state index is 13.1. The number of amides is 1. The fraction of sp³-hybridized carbons (Fsp3) is 0.261. The van der Waals surface area contributed by atoms with E-state index in [9.17, 15) is 4.79 Å². The normalized spacial score (nSPS) is 14.6. The Labute approximate surface area is 170 Å². The van der Waals surface area contributed by atoms with E-state index in [0.29, 0.717) is 37.8 Å². The molecule has 0 atom stereocenters. The van der Waals surface area contributed by atoms with Crippen molar-refractivity contribution >= 4 is 11.9 Å². The highest BCUT2D eigenvalue weighted by Crippen LogP contribution is 2.21. The van der Waals surface area contributed by atoms with Crippen LogP contribution in [0.15, 0.2) is 60.7 Å². The molecule has 4 rings (SSSR count). The molecule has 1 aliphatic rings. The molecule has 0 spiro atoms. The molecule has 29 heavy (non-hydrogen) atoms. The predicted octanol–water partition coefficient (Wildman–Crippen LogP) is 3.65. The van der Waals surface area contributed by atoms with Crippen LogP contribution in [-0.4, -0.2) is 47.0 Å². The van der Waals surface area contributed by atoms with Gasteiger partial charge in [0.1, 0.15) is 0 Å². The van der Waals surface area contributed by atoms with Gasteiger partial charge >= 0.3 is 0 Å². The molecule has 0 saturated carbocycles. The van der Waals surface area contributed by atoms with Gasteiger partial charge in [-0.05, 0) is 43.2 Å². The number of aryl methyl sites for hydroxylation is 2. The van der Waals surface area contributed by atoms with Crippen molar-refractivity contribution in [2.75, 3.05) is 31.3 Å². The second kappa shape index (κ2) is 8.41. The van der Waals surface area contributed by atoms with Gasteiger partial charge in [0.25, 0.3) is 5.91 Å². The van der Waals surface area contributed by atoms with E-state index in [1.165, 1.54) is 0 Å². The van der Waals surface area contributed by atoms with Crippen molar-refractivity contribution in [1.82, 2.24) is 14.9 Å².